The number of ether oxygens (including phenoxy) is 2. The Morgan fingerprint density at radius 3 is 2.47 bits per heavy atom. The van der Waals surface area contributed by atoms with Gasteiger partial charge in [-0.05, 0) is 146 Å². The fourth-order valence-electron chi connectivity index (χ4n) is 11.2. The van der Waals surface area contributed by atoms with E-state index < -0.39 is 0 Å². The zero-order chi connectivity index (χ0) is 30.9. The lowest BCUT2D eigenvalue weighted by Gasteiger charge is -2.61. The maximum absolute atomic E-state index is 12.8. The summed E-state index contributed by atoms with van der Waals surface area (Å²) in [6.45, 7) is 15.1. The van der Waals surface area contributed by atoms with Gasteiger partial charge in [0.2, 0.25) is 0 Å². The number of hydrogen-bond acceptors (Lipinski definition) is 4. The van der Waals surface area contributed by atoms with E-state index in [0.717, 1.165) is 59.8 Å². The molecule has 1 N–H and O–H groups in total. The second-order valence-electron chi connectivity index (χ2n) is 16.0. The number of hydrogen-bond donors (Lipinski definition) is 1. The van der Waals surface area contributed by atoms with E-state index >= 15 is 0 Å². The summed E-state index contributed by atoms with van der Waals surface area (Å²) in [6, 6.07) is 5.07. The van der Waals surface area contributed by atoms with Gasteiger partial charge >= 0.3 is 5.97 Å². The highest BCUT2D eigenvalue weighted by Gasteiger charge is 2.60. The molecule has 0 saturated heterocycles. The van der Waals surface area contributed by atoms with E-state index in [1.165, 1.54) is 77.4 Å². The third-order valence-electron chi connectivity index (χ3n) is 13.7. The van der Waals surface area contributed by atoms with Crippen LogP contribution in [0.3, 0.4) is 0 Å². The van der Waals surface area contributed by atoms with E-state index in [1.54, 1.807) is 24.3 Å². The predicted molar refractivity (Wildman–Crippen MR) is 176 cm³/mol. The van der Waals surface area contributed by atoms with Gasteiger partial charge in [0, 0.05) is 6.08 Å². The largest absolute Gasteiger partial charge is 0.504 e. The summed E-state index contributed by atoms with van der Waals surface area (Å²) in [7, 11) is 1.52. The van der Waals surface area contributed by atoms with E-state index in [2.05, 4.69) is 41.5 Å². The number of phenolic OH excluding ortho intramolecular Hbond substituents is 1. The van der Waals surface area contributed by atoms with E-state index in [9.17, 15) is 9.90 Å². The number of methoxy groups -OCH3 is 1. The van der Waals surface area contributed by atoms with Crippen LogP contribution in [0.1, 0.15) is 124 Å². The summed E-state index contributed by atoms with van der Waals surface area (Å²) < 4.78 is 11.2. The number of benzene rings is 1. The number of carbonyl (C=O) groups excluding carboxylic acids is 1. The molecule has 1 aromatic rings. The maximum Gasteiger partial charge on any atom is 0.331 e. The zero-order valence-corrected chi connectivity index (χ0v) is 28.2. The Hall–Kier alpha value is -1.97. The number of phenols is 1. The average Bonchev–Trinajstić information content (AvgIpc) is 3.34. The van der Waals surface area contributed by atoms with Gasteiger partial charge in [0.15, 0.2) is 11.5 Å². The third-order valence-corrected chi connectivity index (χ3v) is 13.7. The minimum Gasteiger partial charge on any atom is -0.504 e. The molecule has 4 fully saturated rings. The monoisotopic (exact) mass is 592 g/mol. The molecule has 240 valence electrons. The molecule has 4 nitrogen and oxygen atoms in total. The van der Waals surface area contributed by atoms with E-state index in [1.807, 2.05) is 0 Å². The summed E-state index contributed by atoms with van der Waals surface area (Å²) >= 11 is 0. The van der Waals surface area contributed by atoms with Crippen LogP contribution in [-0.2, 0) is 9.53 Å². The molecular formula is C39H60O4. The molecule has 0 radical (unpaired) electrons. The van der Waals surface area contributed by atoms with Crippen LogP contribution in [0.2, 0.25) is 0 Å². The number of aromatic hydroxyl groups is 1. The summed E-state index contributed by atoms with van der Waals surface area (Å²) in [5.74, 6) is 6.95. The Labute approximate surface area is 262 Å². The van der Waals surface area contributed by atoms with Gasteiger partial charge < -0.3 is 14.6 Å². The Morgan fingerprint density at radius 1 is 1.00 bits per heavy atom. The molecule has 0 unspecified atom stereocenters. The first-order valence-electron chi connectivity index (χ1n) is 17.8. The minimum atomic E-state index is -0.271. The minimum absolute atomic E-state index is 0.0180. The van der Waals surface area contributed by atoms with Crippen LogP contribution >= 0.6 is 0 Å². The maximum atomic E-state index is 12.8. The quantitative estimate of drug-likeness (QED) is 0.217. The number of rotatable bonds is 10. The molecular weight excluding hydrogens is 532 g/mol. The van der Waals surface area contributed by atoms with Crippen LogP contribution in [0, 0.1) is 58.2 Å². The fraction of sp³-hybridized carbons (Fsp3) is 0.769. The smallest absolute Gasteiger partial charge is 0.331 e. The molecule has 0 spiro atoms. The van der Waals surface area contributed by atoms with Crippen molar-refractivity contribution >= 4 is 12.0 Å². The molecule has 4 heteroatoms. The first kappa shape index (κ1) is 32.4. The van der Waals surface area contributed by atoms with Gasteiger partial charge in [-0.3, -0.25) is 0 Å². The normalized spacial score (nSPS) is 36.9. The molecule has 1 aromatic carbocycles. The molecule has 43 heavy (non-hydrogen) atoms. The fourth-order valence-corrected chi connectivity index (χ4v) is 11.2. The zero-order valence-electron chi connectivity index (χ0n) is 28.2. The van der Waals surface area contributed by atoms with Crippen molar-refractivity contribution in [1.29, 1.82) is 0 Å². The van der Waals surface area contributed by atoms with Crippen LogP contribution in [0.15, 0.2) is 24.3 Å². The lowest BCUT2D eigenvalue weighted by Crippen LogP contribution is -2.54. The van der Waals surface area contributed by atoms with Gasteiger partial charge in [-0.25, -0.2) is 4.79 Å². The van der Waals surface area contributed by atoms with Crippen LogP contribution in [0.25, 0.3) is 6.08 Å². The van der Waals surface area contributed by atoms with E-state index in [-0.39, 0.29) is 17.8 Å². The van der Waals surface area contributed by atoms with Crippen molar-refractivity contribution < 1.29 is 19.4 Å². The first-order valence-corrected chi connectivity index (χ1v) is 17.8. The van der Waals surface area contributed by atoms with Crippen LogP contribution in [0.5, 0.6) is 11.5 Å². The summed E-state index contributed by atoms with van der Waals surface area (Å²) in [5.41, 5.74) is 1.72. The van der Waals surface area contributed by atoms with Gasteiger partial charge in [0.25, 0.3) is 0 Å². The summed E-state index contributed by atoms with van der Waals surface area (Å²) in [5, 5.41) is 9.83. The molecule has 4 saturated carbocycles. The average molecular weight is 593 g/mol. The van der Waals surface area contributed by atoms with Gasteiger partial charge in [0.1, 0.15) is 6.10 Å². The van der Waals surface area contributed by atoms with Crippen molar-refractivity contribution in [3.8, 4) is 11.5 Å². The standard InChI is InChI=1S/C39H60O4/c1-8-28(25(2)3)12-9-26(4)32-15-16-33-31-14-13-29-24-30(19-21-38(29,5)34(31)20-22-39(32,33)6)43-37(41)18-11-27-10-17-35(40)36(23-27)42-7/h10-11,17-18,23,25-26,28-34,40H,8-9,12-16,19-22,24H2,1-7H3/b18-11-/t26-,28+,29+,30-,31+,32-,33+,34+,38+,39-/m1/s1. The molecule has 0 heterocycles. The molecule has 0 aromatic heterocycles. The molecule has 0 bridgehead atoms. The van der Waals surface area contributed by atoms with Crippen molar-refractivity contribution in [3.63, 3.8) is 0 Å². The molecule has 4 aliphatic carbocycles. The van der Waals surface area contributed by atoms with Crippen molar-refractivity contribution in [2.75, 3.05) is 7.11 Å². The second-order valence-corrected chi connectivity index (χ2v) is 16.0. The Morgan fingerprint density at radius 2 is 1.74 bits per heavy atom. The van der Waals surface area contributed by atoms with Crippen molar-refractivity contribution in [2.24, 2.45) is 58.2 Å². The van der Waals surface area contributed by atoms with Gasteiger partial charge in [0.05, 0.1) is 7.11 Å². The Balaban J connectivity index is 1.17. The van der Waals surface area contributed by atoms with Crippen molar-refractivity contribution in [2.45, 2.75) is 125 Å². The highest BCUT2D eigenvalue weighted by Crippen LogP contribution is 2.68. The third kappa shape index (κ3) is 6.41. The lowest BCUT2D eigenvalue weighted by atomic mass is 9.44. The molecule has 0 aliphatic heterocycles. The molecule has 5 rings (SSSR count). The number of carbonyl (C=O) groups is 1. The molecule has 0 amide bonds. The predicted octanol–water partition coefficient (Wildman–Crippen LogP) is 10.1. The van der Waals surface area contributed by atoms with Crippen LogP contribution in [0.4, 0.5) is 0 Å². The van der Waals surface area contributed by atoms with Crippen molar-refractivity contribution in [3.05, 3.63) is 29.8 Å². The van der Waals surface area contributed by atoms with E-state index in [4.69, 9.17) is 9.47 Å². The summed E-state index contributed by atoms with van der Waals surface area (Å²) in [4.78, 5) is 12.8. The van der Waals surface area contributed by atoms with Gasteiger partial charge in [-0.2, -0.15) is 0 Å². The topological polar surface area (TPSA) is 55.8 Å². The highest BCUT2D eigenvalue weighted by molar-refractivity contribution is 5.87. The Bertz CT molecular complexity index is 1140. The number of fused-ring (bicyclic) bond motifs is 5. The first-order chi connectivity index (χ1) is 20.5. The Kier molecular flexibility index (Phi) is 9.94. The van der Waals surface area contributed by atoms with E-state index in [0.29, 0.717) is 22.5 Å². The summed E-state index contributed by atoms with van der Waals surface area (Å²) in [6.07, 6.45) is 19.0. The van der Waals surface area contributed by atoms with Crippen molar-refractivity contribution in [1.82, 2.24) is 0 Å². The SMILES string of the molecule is CC[C@@H](CC[C@@H](C)[C@H]1CC[C@H]2[C@@H]3CC[C@H]4C[C@H](OC(=O)/C=C\c5ccc(O)c(OC)c5)CC[C@]4(C)[C@H]3CC[C@]12C)C(C)C. The van der Waals surface area contributed by atoms with Gasteiger partial charge in [-0.1, -0.05) is 60.5 Å². The van der Waals surface area contributed by atoms with Gasteiger partial charge in [-0.15, -0.1) is 0 Å². The molecule has 10 atom stereocenters. The van der Waals surface area contributed by atoms with Crippen LogP contribution in [-0.4, -0.2) is 24.3 Å². The highest BCUT2D eigenvalue weighted by atomic mass is 16.5. The lowest BCUT2D eigenvalue weighted by molar-refractivity contribution is -0.157. The second kappa shape index (κ2) is 13.2. The number of esters is 1. The van der Waals surface area contributed by atoms with Crippen LogP contribution < -0.4 is 4.74 Å². The molecule has 4 aliphatic rings.